The fourth-order valence-electron chi connectivity index (χ4n) is 7.46. The Bertz CT molecular complexity index is 2560. The van der Waals surface area contributed by atoms with Gasteiger partial charge in [-0.05, 0) is 74.3 Å². The van der Waals surface area contributed by atoms with Crippen molar-refractivity contribution in [2.75, 3.05) is 0 Å². The number of benzene rings is 7. The molecule has 7 aromatic carbocycles. The molecular weight excluding hydrogens is 625 g/mol. The van der Waals surface area contributed by atoms with Crippen LogP contribution in [0.25, 0.3) is 43.5 Å². The molecule has 0 fully saturated rings. The van der Waals surface area contributed by atoms with Crippen LogP contribution in [0, 0.1) is 29.2 Å². The van der Waals surface area contributed by atoms with E-state index in [1.54, 1.807) is 0 Å². The van der Waals surface area contributed by atoms with Crippen molar-refractivity contribution in [2.24, 2.45) is 0 Å². The Kier molecular flexibility index (Phi) is 7.63. The second kappa shape index (κ2) is 12.6. The van der Waals surface area contributed by atoms with Gasteiger partial charge in [0.05, 0.1) is 40.9 Å². The van der Waals surface area contributed by atoms with Crippen molar-refractivity contribution in [2.45, 2.75) is 0 Å². The third kappa shape index (κ3) is 4.80. The molecule has 0 saturated heterocycles. The van der Waals surface area contributed by atoms with Crippen LogP contribution in [-0.4, -0.2) is 12.6 Å². The van der Waals surface area contributed by atoms with Gasteiger partial charge in [-0.2, -0.15) is 10.5 Å². The fraction of sp³-hybridized carbons (Fsp3) is 0. The molecule has 0 aliphatic carbocycles. The quantitative estimate of drug-likeness (QED) is 0.104. The van der Waals surface area contributed by atoms with E-state index in [0.29, 0.717) is 16.8 Å². The second-order valence-electron chi connectivity index (χ2n) is 12.2. The van der Waals surface area contributed by atoms with Crippen molar-refractivity contribution in [1.82, 2.24) is 4.57 Å². The summed E-state index contributed by atoms with van der Waals surface area (Å²) in [4.78, 5) is 4.08. The minimum Gasteiger partial charge on any atom is -0.309 e. The van der Waals surface area contributed by atoms with Gasteiger partial charge < -0.3 is 4.57 Å². The summed E-state index contributed by atoms with van der Waals surface area (Å²) in [6.07, 6.45) is 0. The number of rotatable bonds is 6. The molecule has 0 spiro atoms. The normalized spacial score (nSPS) is 11.1. The number of fused-ring (bicyclic) bond motifs is 3. The van der Waals surface area contributed by atoms with E-state index in [2.05, 4.69) is 119 Å². The summed E-state index contributed by atoms with van der Waals surface area (Å²) in [5, 5.41) is 26.8. The molecule has 4 nitrogen and oxygen atoms in total. The summed E-state index contributed by atoms with van der Waals surface area (Å²) in [5.74, 6) is 0. The van der Waals surface area contributed by atoms with Crippen LogP contribution in [0.1, 0.15) is 11.1 Å². The molecule has 0 atom stereocenters. The highest BCUT2D eigenvalue weighted by atomic mass is 28.3. The topological polar surface area (TPSA) is 56.9 Å². The Labute approximate surface area is 291 Å². The van der Waals surface area contributed by atoms with Crippen LogP contribution in [0.15, 0.2) is 170 Å². The molecule has 0 radical (unpaired) electrons. The molecule has 0 aliphatic heterocycles. The zero-order valence-corrected chi connectivity index (χ0v) is 28.0. The highest BCUT2D eigenvalue weighted by molar-refractivity contribution is 7.20. The van der Waals surface area contributed by atoms with Gasteiger partial charge in [0.2, 0.25) is 0 Å². The van der Waals surface area contributed by atoms with Crippen molar-refractivity contribution in [1.29, 1.82) is 10.5 Å². The minimum atomic E-state index is -3.03. The summed E-state index contributed by atoms with van der Waals surface area (Å²) >= 11 is 0. The van der Waals surface area contributed by atoms with E-state index in [-0.39, 0.29) is 0 Å². The first-order chi connectivity index (χ1) is 24.7. The molecule has 0 unspecified atom stereocenters. The molecule has 50 heavy (non-hydrogen) atoms. The number of nitrogens with zero attached hydrogens (tertiary/aromatic N) is 4. The standard InChI is InChI=1S/C45H28N4Si/c1-48-42-29-45(50(36-13-5-2-6-14-36,37-15-7-3-8-16-37)38-17-9-4-10-18-38)34(31-47)28-40(42)33-22-24-35(25-23-33)49-43-20-12-11-19-39(43)41-27-32(30-46)21-26-44(41)49/h2-29H. The van der Waals surface area contributed by atoms with E-state index in [4.69, 9.17) is 6.57 Å². The first-order valence-corrected chi connectivity index (χ1v) is 18.3. The van der Waals surface area contributed by atoms with Gasteiger partial charge in [-0.1, -0.05) is 127 Å². The summed E-state index contributed by atoms with van der Waals surface area (Å²) < 4.78 is 2.20. The van der Waals surface area contributed by atoms with Gasteiger partial charge in [-0.15, -0.1) is 0 Å². The first-order valence-electron chi connectivity index (χ1n) is 16.3. The van der Waals surface area contributed by atoms with Gasteiger partial charge in [-0.25, -0.2) is 4.85 Å². The zero-order chi connectivity index (χ0) is 34.1. The van der Waals surface area contributed by atoms with Crippen LogP contribution in [-0.2, 0) is 0 Å². The molecular formula is C45H28N4Si. The number of aromatic nitrogens is 1. The van der Waals surface area contributed by atoms with Gasteiger partial charge in [0, 0.05) is 16.5 Å². The van der Waals surface area contributed by atoms with Crippen LogP contribution >= 0.6 is 0 Å². The Morgan fingerprint density at radius 1 is 0.540 bits per heavy atom. The Morgan fingerprint density at radius 3 is 1.66 bits per heavy atom. The van der Waals surface area contributed by atoms with Gasteiger partial charge in [0.15, 0.2) is 13.8 Å². The van der Waals surface area contributed by atoms with Crippen LogP contribution < -0.4 is 20.7 Å². The van der Waals surface area contributed by atoms with E-state index >= 15 is 0 Å². The lowest BCUT2D eigenvalue weighted by atomic mass is 10.0. The maximum atomic E-state index is 10.8. The van der Waals surface area contributed by atoms with E-state index in [9.17, 15) is 10.5 Å². The third-order valence-electron chi connectivity index (χ3n) is 9.64. The summed E-state index contributed by atoms with van der Waals surface area (Å²) in [5.41, 5.74) is 6.31. The third-order valence-corrected chi connectivity index (χ3v) is 14.5. The van der Waals surface area contributed by atoms with Gasteiger partial charge >= 0.3 is 0 Å². The lowest BCUT2D eigenvalue weighted by Crippen LogP contribution is -2.75. The number of para-hydroxylation sites is 1. The number of hydrogen-bond donors (Lipinski definition) is 0. The maximum absolute atomic E-state index is 10.8. The molecule has 1 aromatic heterocycles. The highest BCUT2D eigenvalue weighted by Gasteiger charge is 2.43. The average molecular weight is 653 g/mol. The summed E-state index contributed by atoms with van der Waals surface area (Å²) in [6, 6.07) is 62.2. The highest BCUT2D eigenvalue weighted by Crippen LogP contribution is 2.35. The summed E-state index contributed by atoms with van der Waals surface area (Å²) in [7, 11) is -3.03. The first kappa shape index (κ1) is 30.4. The lowest BCUT2D eigenvalue weighted by Gasteiger charge is -2.35. The van der Waals surface area contributed by atoms with E-state index in [1.807, 2.05) is 72.8 Å². The molecule has 8 rings (SSSR count). The predicted molar refractivity (Wildman–Crippen MR) is 206 cm³/mol. The molecule has 0 bridgehead atoms. The lowest BCUT2D eigenvalue weighted by molar-refractivity contribution is 1.18. The van der Waals surface area contributed by atoms with Crippen LogP contribution in [0.5, 0.6) is 0 Å². The molecule has 232 valence electrons. The molecule has 1 heterocycles. The maximum Gasteiger partial charge on any atom is 0.194 e. The van der Waals surface area contributed by atoms with Crippen molar-refractivity contribution < 1.29 is 0 Å². The van der Waals surface area contributed by atoms with Crippen LogP contribution in [0.3, 0.4) is 0 Å². The van der Waals surface area contributed by atoms with Gasteiger partial charge in [0.1, 0.15) is 0 Å². The Morgan fingerprint density at radius 2 is 1.10 bits per heavy atom. The average Bonchev–Trinajstić information content (AvgIpc) is 3.53. The largest absolute Gasteiger partial charge is 0.309 e. The van der Waals surface area contributed by atoms with E-state index in [1.165, 1.54) is 0 Å². The SMILES string of the molecule is [C-]#[N+]c1cc([Si](c2ccccc2)(c2ccccc2)c2ccccc2)c(C#N)cc1-c1ccc(-n2c3ccccc3c3cc(C#N)ccc32)cc1. The van der Waals surface area contributed by atoms with Crippen molar-refractivity contribution in [3.05, 3.63) is 192 Å². The molecule has 8 aromatic rings. The van der Waals surface area contributed by atoms with Crippen molar-refractivity contribution in [3.8, 4) is 29.0 Å². The van der Waals surface area contributed by atoms with Crippen LogP contribution in [0.4, 0.5) is 5.69 Å². The molecule has 0 aliphatic rings. The predicted octanol–water partition coefficient (Wildman–Crippen LogP) is 8.12. The fourth-order valence-corrected chi connectivity index (χ4v) is 12.4. The van der Waals surface area contributed by atoms with E-state index < -0.39 is 8.07 Å². The molecule has 0 saturated carbocycles. The number of hydrogen-bond acceptors (Lipinski definition) is 2. The molecule has 0 amide bonds. The Balaban J connectivity index is 1.32. The second-order valence-corrected chi connectivity index (χ2v) is 16.0. The zero-order valence-electron chi connectivity index (χ0n) is 27.0. The van der Waals surface area contributed by atoms with E-state index in [0.717, 1.165) is 59.4 Å². The van der Waals surface area contributed by atoms with Crippen molar-refractivity contribution >= 4 is 56.3 Å². The molecule has 0 N–H and O–H groups in total. The van der Waals surface area contributed by atoms with Crippen LogP contribution in [0.2, 0.25) is 0 Å². The minimum absolute atomic E-state index is 0.507. The number of nitriles is 2. The summed E-state index contributed by atoms with van der Waals surface area (Å²) in [6.45, 7) is 8.38. The van der Waals surface area contributed by atoms with Crippen molar-refractivity contribution in [3.63, 3.8) is 0 Å². The van der Waals surface area contributed by atoms with Gasteiger partial charge in [-0.3, -0.25) is 0 Å². The smallest absolute Gasteiger partial charge is 0.194 e. The molecule has 5 heteroatoms. The Hall–Kier alpha value is -6.97. The monoisotopic (exact) mass is 652 g/mol. The van der Waals surface area contributed by atoms with Gasteiger partial charge in [0.25, 0.3) is 0 Å².